The van der Waals surface area contributed by atoms with Crippen LogP contribution in [0.15, 0.2) is 12.2 Å². The third-order valence-corrected chi connectivity index (χ3v) is 1.68. The van der Waals surface area contributed by atoms with Gasteiger partial charge in [-0.05, 0) is 12.5 Å². The lowest BCUT2D eigenvalue weighted by Gasteiger charge is -1.93. The first-order valence-corrected chi connectivity index (χ1v) is 5.22. The van der Waals surface area contributed by atoms with Crippen molar-refractivity contribution >= 4 is 5.97 Å². The first-order chi connectivity index (χ1) is 7.31. The summed E-state index contributed by atoms with van der Waals surface area (Å²) in [5.74, 6) is 4.67. The monoisotopic (exact) mass is 210 g/mol. The minimum absolute atomic E-state index is 0.0414. The Hall–Kier alpha value is -1.27. The molecule has 0 aliphatic heterocycles. The maximum atomic E-state index is 10.9. The lowest BCUT2D eigenvalue weighted by molar-refractivity contribution is -0.135. The van der Waals surface area contributed by atoms with E-state index in [0.717, 1.165) is 25.7 Å². The van der Waals surface area contributed by atoms with Crippen LogP contribution in [-0.4, -0.2) is 24.3 Å². The molecular weight excluding hydrogens is 192 g/mol. The summed E-state index contributed by atoms with van der Waals surface area (Å²) in [7, 11) is 0. The van der Waals surface area contributed by atoms with Gasteiger partial charge in [0.15, 0.2) is 0 Å². The number of ether oxygens (including phenoxy) is 1. The van der Waals surface area contributed by atoms with Gasteiger partial charge in [-0.3, -0.25) is 0 Å². The van der Waals surface area contributed by atoms with Crippen LogP contribution in [0.3, 0.4) is 0 Å². The third kappa shape index (κ3) is 10.7. The summed E-state index contributed by atoms with van der Waals surface area (Å²) in [6.45, 7) is 2.25. The summed E-state index contributed by atoms with van der Waals surface area (Å²) in [6, 6.07) is 0. The van der Waals surface area contributed by atoms with Crippen molar-refractivity contribution < 1.29 is 14.6 Å². The molecule has 0 aromatic heterocycles. The van der Waals surface area contributed by atoms with Crippen LogP contribution in [0.5, 0.6) is 0 Å². The summed E-state index contributed by atoms with van der Waals surface area (Å²) >= 11 is 0. The minimum atomic E-state index is -0.505. The molecule has 0 saturated heterocycles. The largest absolute Gasteiger partial charge is 0.452 e. The van der Waals surface area contributed by atoms with Crippen LogP contribution in [-0.2, 0) is 9.53 Å². The quantitative estimate of drug-likeness (QED) is 0.238. The number of rotatable bonds is 6. The Kier molecular flexibility index (Phi) is 9.89. The Morgan fingerprint density at radius 3 is 2.87 bits per heavy atom. The highest BCUT2D eigenvalue weighted by Gasteiger charge is 1.92. The smallest absolute Gasteiger partial charge is 0.384 e. The number of unbranched alkanes of at least 4 members (excludes halogenated alkanes) is 3. The highest BCUT2D eigenvalue weighted by Crippen LogP contribution is 1.96. The topological polar surface area (TPSA) is 46.5 Å². The molecule has 0 amide bonds. The highest BCUT2D eigenvalue weighted by atomic mass is 16.5. The number of carbonyl (C=O) groups excluding carboxylic acids is 1. The number of hydrogen-bond acceptors (Lipinski definition) is 3. The van der Waals surface area contributed by atoms with E-state index in [1.807, 2.05) is 0 Å². The lowest BCUT2D eigenvalue weighted by Crippen LogP contribution is -2.00. The van der Waals surface area contributed by atoms with Crippen molar-refractivity contribution in [2.75, 3.05) is 13.2 Å². The summed E-state index contributed by atoms with van der Waals surface area (Å²) in [5.41, 5.74) is 0. The molecule has 0 radical (unpaired) electrons. The van der Waals surface area contributed by atoms with Crippen LogP contribution < -0.4 is 0 Å². The number of aliphatic hydroxyl groups excluding tert-OH is 1. The van der Waals surface area contributed by atoms with Crippen LogP contribution in [0.4, 0.5) is 0 Å². The molecule has 0 bridgehead atoms. The van der Waals surface area contributed by atoms with Crippen molar-refractivity contribution in [1.29, 1.82) is 0 Å². The zero-order valence-electron chi connectivity index (χ0n) is 9.16. The van der Waals surface area contributed by atoms with Crippen LogP contribution in [0.25, 0.3) is 0 Å². The zero-order chi connectivity index (χ0) is 11.4. The van der Waals surface area contributed by atoms with Gasteiger partial charge in [-0.2, -0.15) is 0 Å². The highest BCUT2D eigenvalue weighted by molar-refractivity contribution is 5.88. The second-order valence-corrected chi connectivity index (χ2v) is 3.01. The zero-order valence-corrected chi connectivity index (χ0v) is 9.16. The predicted octanol–water partition coefficient (Wildman–Crippen LogP) is 1.66. The molecule has 0 unspecified atom stereocenters. The van der Waals surface area contributed by atoms with E-state index in [4.69, 9.17) is 9.84 Å². The van der Waals surface area contributed by atoms with Gasteiger partial charge in [0.05, 0.1) is 6.61 Å². The van der Waals surface area contributed by atoms with Gasteiger partial charge >= 0.3 is 5.97 Å². The molecule has 0 aliphatic rings. The average Bonchev–Trinajstić information content (AvgIpc) is 2.24. The van der Waals surface area contributed by atoms with Crippen molar-refractivity contribution in [3.63, 3.8) is 0 Å². The van der Waals surface area contributed by atoms with E-state index in [-0.39, 0.29) is 13.2 Å². The molecule has 0 heterocycles. The molecule has 0 aromatic carbocycles. The predicted molar refractivity (Wildman–Crippen MR) is 59.1 cm³/mol. The van der Waals surface area contributed by atoms with Gasteiger partial charge in [-0.1, -0.05) is 31.8 Å². The van der Waals surface area contributed by atoms with E-state index in [1.165, 1.54) is 6.08 Å². The van der Waals surface area contributed by atoms with E-state index in [9.17, 15) is 4.79 Å². The Morgan fingerprint density at radius 2 is 2.20 bits per heavy atom. The Bertz CT molecular complexity index is 245. The fourth-order valence-corrected chi connectivity index (χ4v) is 0.901. The van der Waals surface area contributed by atoms with Gasteiger partial charge < -0.3 is 9.84 Å². The second-order valence-electron chi connectivity index (χ2n) is 3.01. The normalized spacial score (nSPS) is 9.73. The van der Waals surface area contributed by atoms with Crippen LogP contribution in [0, 0.1) is 11.8 Å². The van der Waals surface area contributed by atoms with Gasteiger partial charge in [0, 0.05) is 12.3 Å². The lowest BCUT2D eigenvalue weighted by atomic mass is 10.2. The van der Waals surface area contributed by atoms with Gasteiger partial charge in [-0.15, -0.1) is 0 Å². The van der Waals surface area contributed by atoms with Crippen molar-refractivity contribution in [3.05, 3.63) is 12.2 Å². The van der Waals surface area contributed by atoms with Crippen LogP contribution >= 0.6 is 0 Å². The molecule has 0 spiro atoms. The molecule has 0 fully saturated rings. The van der Waals surface area contributed by atoms with Crippen molar-refractivity contribution in [1.82, 2.24) is 0 Å². The molecule has 0 aromatic rings. The van der Waals surface area contributed by atoms with Crippen molar-refractivity contribution in [3.8, 4) is 11.8 Å². The standard InChI is InChI=1S/C12H18O3/c1-2-3-4-5-6-9-12(14)15-11-8-7-10-13/h7-8,13H,2-5,10-11H2,1H3/b8-7+. The third-order valence-electron chi connectivity index (χ3n) is 1.68. The molecule has 84 valence electrons. The summed E-state index contributed by atoms with van der Waals surface area (Å²) < 4.78 is 4.74. The Labute approximate surface area is 91.1 Å². The van der Waals surface area contributed by atoms with Crippen molar-refractivity contribution in [2.45, 2.75) is 32.6 Å². The van der Waals surface area contributed by atoms with E-state index < -0.39 is 5.97 Å². The number of aliphatic hydroxyl groups is 1. The van der Waals surface area contributed by atoms with Gasteiger partial charge in [0.2, 0.25) is 0 Å². The fourth-order valence-electron chi connectivity index (χ4n) is 0.901. The number of esters is 1. The summed E-state index contributed by atoms with van der Waals surface area (Å²) in [6.07, 6.45) is 7.16. The molecule has 0 rings (SSSR count). The Balaban J connectivity index is 3.50. The maximum Gasteiger partial charge on any atom is 0.384 e. The maximum absolute atomic E-state index is 10.9. The summed E-state index contributed by atoms with van der Waals surface area (Å²) in [4.78, 5) is 10.9. The molecule has 15 heavy (non-hydrogen) atoms. The molecule has 1 N–H and O–H groups in total. The van der Waals surface area contributed by atoms with Gasteiger partial charge in [-0.25, -0.2) is 4.79 Å². The molecule has 3 nitrogen and oxygen atoms in total. The molecular formula is C12H18O3. The average molecular weight is 210 g/mol. The molecule has 0 saturated carbocycles. The second kappa shape index (κ2) is 10.8. The minimum Gasteiger partial charge on any atom is -0.452 e. The first kappa shape index (κ1) is 13.7. The number of carbonyl (C=O) groups is 1. The molecule has 3 heteroatoms. The van der Waals surface area contributed by atoms with Gasteiger partial charge in [0.25, 0.3) is 0 Å². The SMILES string of the molecule is CCCCCC#CC(=O)OC/C=C/CO. The van der Waals surface area contributed by atoms with E-state index in [1.54, 1.807) is 6.08 Å². The fraction of sp³-hybridized carbons (Fsp3) is 0.583. The molecule has 0 aliphatic carbocycles. The Morgan fingerprint density at radius 1 is 1.40 bits per heavy atom. The van der Waals surface area contributed by atoms with Crippen molar-refractivity contribution in [2.24, 2.45) is 0 Å². The summed E-state index contributed by atoms with van der Waals surface area (Å²) in [5, 5.41) is 8.40. The van der Waals surface area contributed by atoms with E-state index in [0.29, 0.717) is 0 Å². The van der Waals surface area contributed by atoms with Crippen LogP contribution in [0.2, 0.25) is 0 Å². The molecule has 0 atom stereocenters. The van der Waals surface area contributed by atoms with E-state index >= 15 is 0 Å². The van der Waals surface area contributed by atoms with E-state index in [2.05, 4.69) is 18.8 Å². The first-order valence-electron chi connectivity index (χ1n) is 5.22. The van der Waals surface area contributed by atoms with Crippen LogP contribution in [0.1, 0.15) is 32.6 Å². The number of hydrogen-bond donors (Lipinski definition) is 1. The van der Waals surface area contributed by atoms with Gasteiger partial charge in [0.1, 0.15) is 6.61 Å².